The highest BCUT2D eigenvalue weighted by Gasteiger charge is 2.40. The first-order chi connectivity index (χ1) is 11.0. The molecule has 0 saturated heterocycles. The molecule has 4 nitrogen and oxygen atoms in total. The topological polar surface area (TPSA) is 46.9 Å². The second-order valence-corrected chi connectivity index (χ2v) is 6.27. The van der Waals surface area contributed by atoms with E-state index in [1.807, 2.05) is 0 Å². The van der Waals surface area contributed by atoms with Crippen LogP contribution in [0.2, 0.25) is 5.02 Å². The van der Waals surface area contributed by atoms with E-state index in [1.165, 1.54) is 6.20 Å². The summed E-state index contributed by atoms with van der Waals surface area (Å²) in [5.41, 5.74) is -0.0860. The van der Waals surface area contributed by atoms with Crippen LogP contribution in [0.15, 0.2) is 29.2 Å². The van der Waals surface area contributed by atoms with Crippen LogP contribution in [0.3, 0.4) is 0 Å². The molecule has 1 fully saturated rings. The second-order valence-electron chi connectivity index (χ2n) is 5.89. The number of nitrogens with zero attached hydrogens (tertiary/aromatic N) is 2. The van der Waals surface area contributed by atoms with Crippen molar-refractivity contribution in [2.75, 3.05) is 11.9 Å². The molecule has 23 heavy (non-hydrogen) atoms. The van der Waals surface area contributed by atoms with Crippen LogP contribution in [0.25, 0.3) is 5.69 Å². The summed E-state index contributed by atoms with van der Waals surface area (Å²) in [7, 11) is 0. The Morgan fingerprint density at radius 1 is 1.39 bits per heavy atom. The molecule has 0 bridgehead atoms. The first-order valence-corrected chi connectivity index (χ1v) is 7.81. The predicted molar refractivity (Wildman–Crippen MR) is 85.2 cm³/mol. The van der Waals surface area contributed by atoms with Gasteiger partial charge < -0.3 is 5.32 Å². The molecular weight excluding hydrogens is 324 g/mol. The van der Waals surface area contributed by atoms with Crippen LogP contribution < -0.4 is 10.9 Å². The van der Waals surface area contributed by atoms with Gasteiger partial charge in [-0.3, -0.25) is 4.79 Å². The molecule has 1 aromatic carbocycles. The lowest BCUT2D eigenvalue weighted by atomic mass is 10.0. The fraction of sp³-hybridized carbons (Fsp3) is 0.375. The van der Waals surface area contributed by atoms with Crippen LogP contribution in [0, 0.1) is 17.0 Å². The van der Waals surface area contributed by atoms with E-state index in [0.29, 0.717) is 11.8 Å². The minimum Gasteiger partial charge on any atom is -0.382 e. The van der Waals surface area contributed by atoms with E-state index < -0.39 is 17.2 Å². The zero-order valence-corrected chi connectivity index (χ0v) is 13.3. The molecule has 1 aliphatic rings. The van der Waals surface area contributed by atoms with Gasteiger partial charge in [0, 0.05) is 12.6 Å². The summed E-state index contributed by atoms with van der Waals surface area (Å²) in [6.07, 6.45) is 4.75. The molecule has 1 aromatic heterocycles. The molecule has 2 aromatic rings. The molecule has 3 rings (SSSR count). The maximum atomic E-state index is 13.8. The SMILES string of the molecule is CCC1(CNc2cnn(-c3ccc(F)cc3F)c(=O)c2Cl)CC1. The molecule has 1 heterocycles. The zero-order valence-electron chi connectivity index (χ0n) is 12.6. The summed E-state index contributed by atoms with van der Waals surface area (Å²) in [5, 5.41) is 7.03. The highest BCUT2D eigenvalue weighted by atomic mass is 35.5. The molecule has 1 N–H and O–H groups in total. The summed E-state index contributed by atoms with van der Waals surface area (Å²) in [6, 6.07) is 2.91. The number of halogens is 3. The standard InChI is InChI=1S/C16H16ClF2N3O/c1-2-16(5-6-16)9-20-12-8-21-22(15(23)14(12)17)13-4-3-10(18)7-11(13)19/h3-4,7-8,20H,2,5-6,9H2,1H3. The Labute approximate surface area is 137 Å². The lowest BCUT2D eigenvalue weighted by Crippen LogP contribution is -2.24. The lowest BCUT2D eigenvalue weighted by molar-refractivity contribution is 0.521. The fourth-order valence-corrected chi connectivity index (χ4v) is 2.69. The molecule has 7 heteroatoms. The van der Waals surface area contributed by atoms with Gasteiger partial charge in [0.1, 0.15) is 16.5 Å². The first kappa shape index (κ1) is 15.9. The zero-order chi connectivity index (χ0) is 16.6. The predicted octanol–water partition coefficient (Wildman–Crippen LogP) is 3.77. The largest absolute Gasteiger partial charge is 0.382 e. The number of aromatic nitrogens is 2. The third-order valence-electron chi connectivity index (χ3n) is 4.42. The normalized spacial score (nSPS) is 15.5. The monoisotopic (exact) mass is 339 g/mol. The molecule has 0 atom stereocenters. The van der Waals surface area contributed by atoms with E-state index in [9.17, 15) is 13.6 Å². The van der Waals surface area contributed by atoms with Crippen LogP contribution >= 0.6 is 11.6 Å². The summed E-state index contributed by atoms with van der Waals surface area (Å²) >= 11 is 6.09. The average Bonchev–Trinajstić information content (AvgIpc) is 3.30. The number of anilines is 1. The van der Waals surface area contributed by atoms with Crippen molar-refractivity contribution in [2.45, 2.75) is 26.2 Å². The molecule has 0 aliphatic heterocycles. The van der Waals surface area contributed by atoms with Gasteiger partial charge in [-0.2, -0.15) is 9.78 Å². The van der Waals surface area contributed by atoms with Crippen molar-refractivity contribution < 1.29 is 8.78 Å². The Bertz CT molecular complexity index is 802. The molecule has 0 amide bonds. The van der Waals surface area contributed by atoms with Gasteiger partial charge in [-0.05, 0) is 36.8 Å². The summed E-state index contributed by atoms with van der Waals surface area (Å²) < 4.78 is 27.6. The van der Waals surface area contributed by atoms with Crippen LogP contribution in [-0.4, -0.2) is 16.3 Å². The minimum atomic E-state index is -0.876. The third kappa shape index (κ3) is 3.08. The molecule has 1 saturated carbocycles. The van der Waals surface area contributed by atoms with Gasteiger partial charge in [0.15, 0.2) is 5.82 Å². The van der Waals surface area contributed by atoms with Crippen molar-refractivity contribution in [3.8, 4) is 5.69 Å². The van der Waals surface area contributed by atoms with Crippen molar-refractivity contribution in [2.24, 2.45) is 5.41 Å². The maximum absolute atomic E-state index is 13.8. The van der Waals surface area contributed by atoms with Gasteiger partial charge in [0.05, 0.1) is 11.9 Å². The number of rotatable bonds is 5. The second kappa shape index (κ2) is 5.92. The highest BCUT2D eigenvalue weighted by molar-refractivity contribution is 6.32. The number of nitrogens with one attached hydrogen (secondary N) is 1. The van der Waals surface area contributed by atoms with E-state index >= 15 is 0 Å². The van der Waals surface area contributed by atoms with E-state index in [-0.39, 0.29) is 16.1 Å². The molecule has 0 radical (unpaired) electrons. The van der Waals surface area contributed by atoms with Gasteiger partial charge in [0.2, 0.25) is 0 Å². The maximum Gasteiger partial charge on any atom is 0.292 e. The van der Waals surface area contributed by atoms with Crippen LogP contribution in [-0.2, 0) is 0 Å². The summed E-state index contributed by atoms with van der Waals surface area (Å²) in [5.74, 6) is -1.60. The van der Waals surface area contributed by atoms with Crippen molar-refractivity contribution in [1.29, 1.82) is 0 Å². The van der Waals surface area contributed by atoms with E-state index in [1.54, 1.807) is 0 Å². The molecular formula is C16H16ClF2N3O. The third-order valence-corrected chi connectivity index (χ3v) is 4.78. The molecule has 0 unspecified atom stereocenters. The van der Waals surface area contributed by atoms with Gasteiger partial charge in [-0.15, -0.1) is 0 Å². The average molecular weight is 340 g/mol. The molecule has 0 spiro atoms. The Morgan fingerprint density at radius 2 is 2.13 bits per heavy atom. The van der Waals surface area contributed by atoms with Crippen molar-refractivity contribution in [3.63, 3.8) is 0 Å². The Balaban J connectivity index is 1.90. The Hall–Kier alpha value is -1.95. The Morgan fingerprint density at radius 3 is 2.74 bits per heavy atom. The van der Waals surface area contributed by atoms with Crippen molar-refractivity contribution in [1.82, 2.24) is 9.78 Å². The van der Waals surface area contributed by atoms with E-state index in [4.69, 9.17) is 11.6 Å². The van der Waals surface area contributed by atoms with E-state index in [0.717, 1.165) is 42.6 Å². The van der Waals surface area contributed by atoms with Crippen LogP contribution in [0.4, 0.5) is 14.5 Å². The molecule has 1 aliphatic carbocycles. The highest BCUT2D eigenvalue weighted by Crippen LogP contribution is 2.48. The van der Waals surface area contributed by atoms with Crippen molar-refractivity contribution >= 4 is 17.3 Å². The fourth-order valence-electron chi connectivity index (χ4n) is 2.50. The quantitative estimate of drug-likeness (QED) is 0.902. The van der Waals surface area contributed by atoms with Gasteiger partial charge in [0.25, 0.3) is 5.56 Å². The summed E-state index contributed by atoms with van der Waals surface area (Å²) in [4.78, 5) is 12.3. The Kier molecular flexibility index (Phi) is 4.10. The number of hydrogen-bond acceptors (Lipinski definition) is 3. The smallest absolute Gasteiger partial charge is 0.292 e. The van der Waals surface area contributed by atoms with E-state index in [2.05, 4.69) is 17.3 Å². The summed E-state index contributed by atoms with van der Waals surface area (Å²) in [6.45, 7) is 2.85. The first-order valence-electron chi connectivity index (χ1n) is 7.43. The number of benzene rings is 1. The van der Waals surface area contributed by atoms with Crippen molar-refractivity contribution in [3.05, 3.63) is 51.4 Å². The molecule has 122 valence electrons. The van der Waals surface area contributed by atoms with Gasteiger partial charge in [-0.25, -0.2) is 8.78 Å². The van der Waals surface area contributed by atoms with Crippen LogP contribution in [0.1, 0.15) is 26.2 Å². The minimum absolute atomic E-state index is 0.0596. The number of hydrogen-bond donors (Lipinski definition) is 1. The van der Waals surface area contributed by atoms with Gasteiger partial charge >= 0.3 is 0 Å². The van der Waals surface area contributed by atoms with Crippen LogP contribution in [0.5, 0.6) is 0 Å². The van der Waals surface area contributed by atoms with Gasteiger partial charge in [-0.1, -0.05) is 18.5 Å². The lowest BCUT2D eigenvalue weighted by Gasteiger charge is -2.15.